The number of hydrogen-bond donors (Lipinski definition) is 0. The Morgan fingerprint density at radius 2 is 1.14 bits per heavy atom. The summed E-state index contributed by atoms with van der Waals surface area (Å²) in [6.45, 7) is 12.0. The minimum atomic E-state index is 0.913. The van der Waals surface area contributed by atoms with Crippen molar-refractivity contribution in [3.63, 3.8) is 0 Å². The summed E-state index contributed by atoms with van der Waals surface area (Å²) in [5.41, 5.74) is 0. The molecule has 0 aromatic rings. The molecule has 0 atom stereocenters. The fraction of sp³-hybridized carbons (Fsp3) is 0.294. The van der Waals surface area contributed by atoms with Gasteiger partial charge in [-0.05, 0) is 0 Å². The molecule has 0 bridgehead atoms. The van der Waals surface area contributed by atoms with Gasteiger partial charge in [0.25, 0.3) is 0 Å². The first-order chi connectivity index (χ1) is 10.3. The minimum Gasteiger partial charge on any atom is -0.355 e. The molecule has 21 heavy (non-hydrogen) atoms. The van der Waals surface area contributed by atoms with Crippen molar-refractivity contribution in [1.82, 2.24) is 19.6 Å². The van der Waals surface area contributed by atoms with E-state index < -0.39 is 0 Å². The minimum absolute atomic E-state index is 0.913. The lowest BCUT2D eigenvalue weighted by Crippen LogP contribution is -2.35. The molecule has 2 heterocycles. The van der Waals surface area contributed by atoms with Crippen molar-refractivity contribution in [1.29, 1.82) is 0 Å². The summed E-state index contributed by atoms with van der Waals surface area (Å²) >= 11 is 0. The number of hydrogen-bond acceptors (Lipinski definition) is 4. The topological polar surface area (TPSA) is 13.0 Å². The van der Waals surface area contributed by atoms with Crippen molar-refractivity contribution >= 4 is 0 Å². The molecule has 0 unspecified atom stereocenters. The maximum absolute atomic E-state index is 3.68. The molecule has 0 fully saturated rings. The third-order valence-corrected chi connectivity index (χ3v) is 3.29. The van der Waals surface area contributed by atoms with Gasteiger partial charge in [-0.2, -0.15) is 0 Å². The Labute approximate surface area is 127 Å². The molecule has 112 valence electrons. The molecule has 0 aliphatic carbocycles. The first-order valence-electron chi connectivity index (χ1n) is 7.20. The van der Waals surface area contributed by atoms with Crippen LogP contribution in [0.3, 0.4) is 0 Å². The summed E-state index contributed by atoms with van der Waals surface area (Å²) in [4.78, 5) is 9.14. The predicted octanol–water partition coefficient (Wildman–Crippen LogP) is 2.52. The zero-order valence-electron chi connectivity index (χ0n) is 12.5. The van der Waals surface area contributed by atoms with E-state index >= 15 is 0 Å². The predicted molar refractivity (Wildman–Crippen MR) is 88.6 cm³/mol. The molecule has 0 aromatic carbocycles. The van der Waals surface area contributed by atoms with E-state index in [-0.39, 0.29) is 0 Å². The lowest BCUT2D eigenvalue weighted by Gasteiger charge is -2.27. The molecule has 0 saturated heterocycles. The van der Waals surface area contributed by atoms with Crippen LogP contribution >= 0.6 is 0 Å². The van der Waals surface area contributed by atoms with Crippen molar-refractivity contribution in [2.24, 2.45) is 0 Å². The van der Waals surface area contributed by atoms with E-state index in [2.05, 4.69) is 69.7 Å². The average molecular weight is 284 g/mol. The fourth-order valence-corrected chi connectivity index (χ4v) is 2.27. The molecular weight excluding hydrogens is 260 g/mol. The molecule has 0 N–H and O–H groups in total. The van der Waals surface area contributed by atoms with E-state index in [9.17, 15) is 0 Å². The normalized spacial score (nSPS) is 17.9. The van der Waals surface area contributed by atoms with Gasteiger partial charge in [-0.15, -0.1) is 0 Å². The van der Waals surface area contributed by atoms with Gasteiger partial charge >= 0.3 is 0 Å². The first kappa shape index (κ1) is 15.0. The Kier molecular flexibility index (Phi) is 5.76. The van der Waals surface area contributed by atoms with Crippen molar-refractivity contribution in [2.75, 3.05) is 33.1 Å². The highest BCUT2D eigenvalue weighted by Gasteiger charge is 2.16. The van der Waals surface area contributed by atoms with Gasteiger partial charge < -0.3 is 19.6 Å². The summed E-state index contributed by atoms with van der Waals surface area (Å²) in [7, 11) is 0. The Morgan fingerprint density at radius 3 is 1.57 bits per heavy atom. The van der Waals surface area contributed by atoms with E-state index in [1.165, 1.54) is 0 Å². The quantitative estimate of drug-likeness (QED) is 0.635. The lowest BCUT2D eigenvalue weighted by molar-refractivity contribution is 0.171. The maximum atomic E-state index is 3.68. The largest absolute Gasteiger partial charge is 0.355 e. The summed E-state index contributed by atoms with van der Waals surface area (Å²) in [6.07, 6.45) is 20.4. The molecule has 0 aromatic heterocycles. The monoisotopic (exact) mass is 284 g/mol. The van der Waals surface area contributed by atoms with Crippen LogP contribution in [0.25, 0.3) is 0 Å². The Balaban J connectivity index is 1.68. The molecule has 0 radical (unpaired) electrons. The Morgan fingerprint density at radius 1 is 0.714 bits per heavy atom. The smallest absolute Gasteiger partial charge is 0.0927 e. The van der Waals surface area contributed by atoms with Crippen molar-refractivity contribution in [2.45, 2.75) is 0 Å². The standard InChI is InChI=1S/C17H24N4/c1-3-5-7-9-18-11-13-20(15-18)17-21-14-12-19(16-21)10-8-6-4-2/h3-8,11-14H,1-2,9-10,15-17H2. The van der Waals surface area contributed by atoms with E-state index in [0.29, 0.717) is 0 Å². The summed E-state index contributed by atoms with van der Waals surface area (Å²) in [6, 6.07) is 0. The van der Waals surface area contributed by atoms with Crippen LogP contribution < -0.4 is 0 Å². The lowest BCUT2D eigenvalue weighted by atomic mass is 10.4. The highest BCUT2D eigenvalue weighted by Crippen LogP contribution is 2.11. The highest BCUT2D eigenvalue weighted by molar-refractivity contribution is 5.03. The zero-order valence-corrected chi connectivity index (χ0v) is 12.5. The second-order valence-electron chi connectivity index (χ2n) is 5.07. The number of allylic oxidation sites excluding steroid dienone is 4. The van der Waals surface area contributed by atoms with Crippen LogP contribution in [0.15, 0.2) is 74.4 Å². The average Bonchev–Trinajstić information content (AvgIpc) is 3.10. The van der Waals surface area contributed by atoms with Crippen molar-refractivity contribution in [3.8, 4) is 0 Å². The summed E-state index contributed by atoms with van der Waals surface area (Å²) in [5.74, 6) is 0. The highest BCUT2D eigenvalue weighted by atomic mass is 15.4. The molecule has 4 nitrogen and oxygen atoms in total. The van der Waals surface area contributed by atoms with Gasteiger partial charge in [0.15, 0.2) is 0 Å². The van der Waals surface area contributed by atoms with Crippen LogP contribution in [-0.2, 0) is 0 Å². The van der Waals surface area contributed by atoms with Crippen LogP contribution in [0.1, 0.15) is 0 Å². The van der Waals surface area contributed by atoms with Crippen LogP contribution in [0.4, 0.5) is 0 Å². The molecule has 0 amide bonds. The van der Waals surface area contributed by atoms with E-state index in [0.717, 1.165) is 33.1 Å². The third kappa shape index (κ3) is 4.91. The van der Waals surface area contributed by atoms with Gasteiger partial charge in [-0.3, -0.25) is 0 Å². The van der Waals surface area contributed by atoms with Gasteiger partial charge in [-0.25, -0.2) is 0 Å². The van der Waals surface area contributed by atoms with E-state index in [1.54, 1.807) is 0 Å². The van der Waals surface area contributed by atoms with Crippen LogP contribution in [0.5, 0.6) is 0 Å². The second kappa shape index (κ2) is 8.04. The molecule has 0 spiro atoms. The Hall–Kier alpha value is -2.36. The van der Waals surface area contributed by atoms with Gasteiger partial charge in [0.05, 0.1) is 20.0 Å². The summed E-state index contributed by atoms with van der Waals surface area (Å²) in [5, 5.41) is 0. The molecule has 2 aliphatic rings. The fourth-order valence-electron chi connectivity index (χ4n) is 2.27. The summed E-state index contributed by atoms with van der Waals surface area (Å²) < 4.78 is 0. The van der Waals surface area contributed by atoms with Crippen molar-refractivity contribution < 1.29 is 0 Å². The zero-order chi connectivity index (χ0) is 14.9. The van der Waals surface area contributed by atoms with Gasteiger partial charge in [0.1, 0.15) is 0 Å². The molecule has 2 aliphatic heterocycles. The van der Waals surface area contributed by atoms with Gasteiger partial charge in [0.2, 0.25) is 0 Å². The first-order valence-corrected chi connectivity index (χ1v) is 7.20. The van der Waals surface area contributed by atoms with Gasteiger partial charge in [-0.1, -0.05) is 49.6 Å². The van der Waals surface area contributed by atoms with E-state index in [4.69, 9.17) is 0 Å². The van der Waals surface area contributed by atoms with Crippen molar-refractivity contribution in [3.05, 3.63) is 74.4 Å². The SMILES string of the molecule is C=CC=CCN1C=CN(CN2C=CN(CC=CC=C)C2)C1. The maximum Gasteiger partial charge on any atom is 0.0927 e. The number of nitrogens with zero attached hydrogens (tertiary/aromatic N) is 4. The Bertz CT molecular complexity index is 419. The molecule has 2 rings (SSSR count). The van der Waals surface area contributed by atoms with Gasteiger partial charge in [0, 0.05) is 37.9 Å². The van der Waals surface area contributed by atoms with Crippen LogP contribution in [0, 0.1) is 0 Å². The van der Waals surface area contributed by atoms with Crippen LogP contribution in [0.2, 0.25) is 0 Å². The second-order valence-corrected chi connectivity index (χ2v) is 5.07. The molecular formula is C17H24N4. The van der Waals surface area contributed by atoms with Crippen LogP contribution in [-0.4, -0.2) is 52.7 Å². The third-order valence-electron chi connectivity index (χ3n) is 3.29. The van der Waals surface area contributed by atoms with E-state index in [1.807, 2.05) is 24.3 Å². The molecule has 4 heteroatoms. The number of rotatable bonds is 8. The molecule has 0 saturated carbocycles.